The van der Waals surface area contributed by atoms with Crippen molar-refractivity contribution in [2.45, 2.75) is 34.1 Å². The molecule has 0 bridgehead atoms. The second-order valence-electron chi connectivity index (χ2n) is 3.73. The predicted molar refractivity (Wildman–Crippen MR) is 59.3 cm³/mol. The number of allylic oxidation sites excluding steroid dienone is 1. The van der Waals surface area contributed by atoms with Crippen LogP contribution >= 0.6 is 0 Å². The predicted octanol–water partition coefficient (Wildman–Crippen LogP) is 3.65. The smallest absolute Gasteiger partial charge is 0.00948 e. The topological polar surface area (TPSA) is 0 Å². The maximum Gasteiger partial charge on any atom is -0.00948 e. The van der Waals surface area contributed by atoms with E-state index in [2.05, 4.69) is 40.3 Å². The molecule has 0 N–H and O–H groups in total. The molecular formula is C13H18. The third-order valence-electron chi connectivity index (χ3n) is 2.86. The Bertz CT molecular complexity index is 332. The SMILES string of the molecule is C=CCc1c(C)cc(C)c(C)c1C. The maximum absolute atomic E-state index is 3.79. The summed E-state index contributed by atoms with van der Waals surface area (Å²) >= 11 is 0. The van der Waals surface area contributed by atoms with E-state index in [1.165, 1.54) is 27.8 Å². The van der Waals surface area contributed by atoms with Crippen LogP contribution in [0.25, 0.3) is 0 Å². The second-order valence-corrected chi connectivity index (χ2v) is 3.73. The van der Waals surface area contributed by atoms with Gasteiger partial charge in [0.05, 0.1) is 0 Å². The van der Waals surface area contributed by atoms with Crippen molar-refractivity contribution in [1.29, 1.82) is 0 Å². The molecule has 0 aliphatic heterocycles. The summed E-state index contributed by atoms with van der Waals surface area (Å²) in [4.78, 5) is 0. The van der Waals surface area contributed by atoms with Crippen LogP contribution in [0.4, 0.5) is 0 Å². The van der Waals surface area contributed by atoms with Crippen molar-refractivity contribution < 1.29 is 0 Å². The Morgan fingerprint density at radius 1 is 1.08 bits per heavy atom. The standard InChI is InChI=1S/C13H18/c1-6-7-13-10(3)8-9(2)11(4)12(13)5/h6,8H,1,7H2,2-5H3. The largest absolute Gasteiger partial charge is 0.103 e. The lowest BCUT2D eigenvalue weighted by Gasteiger charge is -2.13. The third kappa shape index (κ3) is 1.82. The van der Waals surface area contributed by atoms with Crippen molar-refractivity contribution in [2.24, 2.45) is 0 Å². The number of benzene rings is 1. The second kappa shape index (κ2) is 3.78. The first kappa shape index (κ1) is 10.0. The normalized spacial score (nSPS) is 10.2. The van der Waals surface area contributed by atoms with Crippen molar-refractivity contribution in [3.63, 3.8) is 0 Å². The van der Waals surface area contributed by atoms with Gasteiger partial charge in [-0.2, -0.15) is 0 Å². The highest BCUT2D eigenvalue weighted by molar-refractivity contribution is 5.44. The molecule has 0 radical (unpaired) electrons. The summed E-state index contributed by atoms with van der Waals surface area (Å²) < 4.78 is 0. The highest BCUT2D eigenvalue weighted by Crippen LogP contribution is 2.21. The molecule has 0 saturated heterocycles. The van der Waals surface area contributed by atoms with Crippen molar-refractivity contribution in [2.75, 3.05) is 0 Å². The molecule has 0 aliphatic rings. The molecule has 0 amide bonds. The van der Waals surface area contributed by atoms with Crippen LogP contribution in [0.15, 0.2) is 18.7 Å². The van der Waals surface area contributed by atoms with Crippen molar-refractivity contribution in [3.8, 4) is 0 Å². The highest BCUT2D eigenvalue weighted by Gasteiger charge is 2.05. The summed E-state index contributed by atoms with van der Waals surface area (Å²) in [6.45, 7) is 12.5. The van der Waals surface area contributed by atoms with Crippen LogP contribution in [0.2, 0.25) is 0 Å². The molecule has 0 heterocycles. The van der Waals surface area contributed by atoms with Gasteiger partial charge < -0.3 is 0 Å². The molecule has 0 spiro atoms. The van der Waals surface area contributed by atoms with E-state index < -0.39 is 0 Å². The number of aryl methyl sites for hydroxylation is 2. The van der Waals surface area contributed by atoms with Crippen LogP contribution in [-0.4, -0.2) is 0 Å². The maximum atomic E-state index is 3.79. The van der Waals surface area contributed by atoms with Crippen LogP contribution in [-0.2, 0) is 6.42 Å². The van der Waals surface area contributed by atoms with Crippen molar-refractivity contribution in [1.82, 2.24) is 0 Å². The molecule has 0 nitrogen and oxygen atoms in total. The van der Waals surface area contributed by atoms with Gasteiger partial charge in [0.1, 0.15) is 0 Å². The van der Waals surface area contributed by atoms with E-state index in [1.807, 2.05) is 6.08 Å². The molecule has 0 aliphatic carbocycles. The molecule has 0 fully saturated rings. The van der Waals surface area contributed by atoms with Crippen molar-refractivity contribution in [3.05, 3.63) is 46.5 Å². The Labute approximate surface area is 81.3 Å². The Hall–Kier alpha value is -1.04. The summed E-state index contributed by atoms with van der Waals surface area (Å²) in [6.07, 6.45) is 2.96. The van der Waals surface area contributed by atoms with E-state index in [9.17, 15) is 0 Å². The van der Waals surface area contributed by atoms with Gasteiger partial charge in [-0.3, -0.25) is 0 Å². The first-order chi connectivity index (χ1) is 6.07. The molecule has 0 atom stereocenters. The molecule has 0 aromatic heterocycles. The minimum Gasteiger partial charge on any atom is -0.103 e. The molecule has 1 aromatic carbocycles. The summed E-state index contributed by atoms with van der Waals surface area (Å²) in [5, 5.41) is 0. The average molecular weight is 174 g/mol. The lowest BCUT2D eigenvalue weighted by atomic mass is 9.93. The van der Waals surface area contributed by atoms with Crippen LogP contribution < -0.4 is 0 Å². The van der Waals surface area contributed by atoms with Gasteiger partial charge in [0.25, 0.3) is 0 Å². The Kier molecular flexibility index (Phi) is 2.92. The fourth-order valence-electron chi connectivity index (χ4n) is 1.80. The molecule has 0 saturated carbocycles. The van der Waals surface area contributed by atoms with Gasteiger partial charge in [0.2, 0.25) is 0 Å². The van der Waals surface area contributed by atoms with E-state index in [-0.39, 0.29) is 0 Å². The summed E-state index contributed by atoms with van der Waals surface area (Å²) in [5.41, 5.74) is 7.07. The van der Waals surface area contributed by atoms with Crippen LogP contribution in [0.3, 0.4) is 0 Å². The lowest BCUT2D eigenvalue weighted by Crippen LogP contribution is -1.97. The number of hydrogen-bond donors (Lipinski definition) is 0. The fraction of sp³-hybridized carbons (Fsp3) is 0.385. The first-order valence-corrected chi connectivity index (χ1v) is 4.75. The van der Waals surface area contributed by atoms with E-state index >= 15 is 0 Å². The zero-order valence-electron chi connectivity index (χ0n) is 9.07. The van der Waals surface area contributed by atoms with E-state index in [4.69, 9.17) is 0 Å². The fourth-order valence-corrected chi connectivity index (χ4v) is 1.80. The van der Waals surface area contributed by atoms with Crippen LogP contribution in [0.1, 0.15) is 27.8 Å². The number of hydrogen-bond acceptors (Lipinski definition) is 0. The average Bonchev–Trinajstić information content (AvgIpc) is 2.09. The lowest BCUT2D eigenvalue weighted by molar-refractivity contribution is 1.12. The molecule has 0 heteroatoms. The van der Waals surface area contributed by atoms with Crippen LogP contribution in [0.5, 0.6) is 0 Å². The van der Waals surface area contributed by atoms with Gasteiger partial charge in [0, 0.05) is 0 Å². The van der Waals surface area contributed by atoms with Crippen LogP contribution in [0, 0.1) is 27.7 Å². The monoisotopic (exact) mass is 174 g/mol. The minimum atomic E-state index is 0.985. The van der Waals surface area contributed by atoms with Gasteiger partial charge in [-0.1, -0.05) is 12.1 Å². The quantitative estimate of drug-likeness (QED) is 0.600. The molecule has 13 heavy (non-hydrogen) atoms. The summed E-state index contributed by atoms with van der Waals surface area (Å²) in [5.74, 6) is 0. The molecule has 1 aromatic rings. The Morgan fingerprint density at radius 2 is 1.69 bits per heavy atom. The Morgan fingerprint density at radius 3 is 2.23 bits per heavy atom. The molecule has 0 unspecified atom stereocenters. The summed E-state index contributed by atoms with van der Waals surface area (Å²) in [6, 6.07) is 2.27. The first-order valence-electron chi connectivity index (χ1n) is 4.75. The van der Waals surface area contributed by atoms with E-state index in [0.29, 0.717) is 0 Å². The summed E-state index contributed by atoms with van der Waals surface area (Å²) in [7, 11) is 0. The molecular weight excluding hydrogens is 156 g/mol. The zero-order chi connectivity index (χ0) is 10.0. The number of rotatable bonds is 2. The minimum absolute atomic E-state index is 0.985. The van der Waals surface area contributed by atoms with Gasteiger partial charge in [0.15, 0.2) is 0 Å². The molecule has 70 valence electrons. The Balaban J connectivity index is 3.34. The van der Waals surface area contributed by atoms with Gasteiger partial charge in [-0.25, -0.2) is 0 Å². The van der Waals surface area contributed by atoms with E-state index in [1.54, 1.807) is 0 Å². The van der Waals surface area contributed by atoms with Crippen molar-refractivity contribution >= 4 is 0 Å². The van der Waals surface area contributed by atoms with Gasteiger partial charge in [-0.15, -0.1) is 6.58 Å². The van der Waals surface area contributed by atoms with Gasteiger partial charge >= 0.3 is 0 Å². The zero-order valence-corrected chi connectivity index (χ0v) is 9.07. The van der Waals surface area contributed by atoms with E-state index in [0.717, 1.165) is 6.42 Å². The molecule has 1 rings (SSSR count). The third-order valence-corrected chi connectivity index (χ3v) is 2.86. The van der Waals surface area contributed by atoms with Gasteiger partial charge in [-0.05, 0) is 61.9 Å². The highest BCUT2D eigenvalue weighted by atomic mass is 14.1.